The highest BCUT2D eigenvalue weighted by molar-refractivity contribution is 8.14. The second-order valence-corrected chi connectivity index (χ2v) is 6.20. The van der Waals surface area contributed by atoms with Crippen molar-refractivity contribution in [2.75, 3.05) is 25.3 Å². The summed E-state index contributed by atoms with van der Waals surface area (Å²) in [6.07, 6.45) is 3.87. The molecule has 0 amide bonds. The fourth-order valence-electron chi connectivity index (χ4n) is 2.85. The number of ether oxygens (including phenoxy) is 2. The van der Waals surface area contributed by atoms with Crippen molar-refractivity contribution in [3.63, 3.8) is 0 Å². The molecule has 0 aromatic heterocycles. The van der Waals surface area contributed by atoms with Gasteiger partial charge < -0.3 is 14.8 Å². The first-order chi connectivity index (χ1) is 9.80. The average Bonchev–Trinajstić information content (AvgIpc) is 2.94. The number of fused-ring (bicyclic) bond motifs is 1. The van der Waals surface area contributed by atoms with E-state index in [9.17, 15) is 0 Å². The van der Waals surface area contributed by atoms with Gasteiger partial charge in [-0.2, -0.15) is 0 Å². The molecule has 20 heavy (non-hydrogen) atoms. The maximum absolute atomic E-state index is 5.39. The van der Waals surface area contributed by atoms with Crippen molar-refractivity contribution >= 4 is 22.6 Å². The van der Waals surface area contributed by atoms with E-state index in [-0.39, 0.29) is 0 Å². The maximum atomic E-state index is 5.39. The summed E-state index contributed by atoms with van der Waals surface area (Å²) in [5, 5.41) is 4.40. The summed E-state index contributed by atoms with van der Waals surface area (Å²) in [4.78, 5) is 4.84. The number of nitrogens with one attached hydrogen (secondary N) is 1. The molecule has 0 saturated heterocycles. The molecule has 0 radical (unpaired) electrons. The highest BCUT2D eigenvalue weighted by Gasteiger charge is 2.31. The van der Waals surface area contributed by atoms with E-state index in [1.54, 1.807) is 14.2 Å². The third-order valence-corrected chi connectivity index (χ3v) is 5.06. The third-order valence-electron chi connectivity index (χ3n) is 3.98. The van der Waals surface area contributed by atoms with Crippen LogP contribution in [0.1, 0.15) is 19.3 Å². The van der Waals surface area contributed by atoms with Crippen LogP contribution in [0, 0.1) is 5.92 Å². The lowest BCUT2D eigenvalue weighted by molar-refractivity contribution is 0.405. The van der Waals surface area contributed by atoms with Gasteiger partial charge in [0.25, 0.3) is 0 Å². The van der Waals surface area contributed by atoms with Gasteiger partial charge in [0, 0.05) is 11.8 Å². The monoisotopic (exact) mass is 292 g/mol. The first-order valence-electron chi connectivity index (χ1n) is 7.00. The summed E-state index contributed by atoms with van der Waals surface area (Å²) in [6, 6.07) is 6.26. The van der Waals surface area contributed by atoms with Crippen LogP contribution in [0.3, 0.4) is 0 Å². The third kappa shape index (κ3) is 2.73. The van der Waals surface area contributed by atoms with Crippen LogP contribution in [-0.4, -0.2) is 31.2 Å². The smallest absolute Gasteiger partial charge is 0.161 e. The van der Waals surface area contributed by atoms with Crippen LogP contribution in [-0.2, 0) is 0 Å². The summed E-state index contributed by atoms with van der Waals surface area (Å²) >= 11 is 1.81. The Hall–Kier alpha value is -1.36. The molecule has 108 valence electrons. The maximum Gasteiger partial charge on any atom is 0.161 e. The normalized spacial score (nSPS) is 24.8. The van der Waals surface area contributed by atoms with Crippen LogP contribution in [0.5, 0.6) is 11.5 Å². The van der Waals surface area contributed by atoms with E-state index in [1.807, 2.05) is 30.0 Å². The van der Waals surface area contributed by atoms with Crippen molar-refractivity contribution in [3.05, 3.63) is 18.2 Å². The van der Waals surface area contributed by atoms with Crippen molar-refractivity contribution in [1.82, 2.24) is 0 Å². The summed E-state index contributed by atoms with van der Waals surface area (Å²) in [5.74, 6) is 3.57. The Kier molecular flexibility index (Phi) is 4.05. The molecule has 2 unspecified atom stereocenters. The minimum absolute atomic E-state index is 0.510. The number of nitrogens with zero attached hydrogens (tertiary/aromatic N) is 1. The average molecular weight is 292 g/mol. The van der Waals surface area contributed by atoms with Crippen LogP contribution >= 0.6 is 11.8 Å². The van der Waals surface area contributed by atoms with E-state index in [0.29, 0.717) is 6.04 Å². The standard InChI is InChI=1S/C15H20N2O2S/c1-18-11-6-7-14(19-2)13(8-11)17-15-16-12-5-3-4-10(12)9-20-15/h6-8,10,12H,3-5,9H2,1-2H3,(H,16,17). The van der Waals surface area contributed by atoms with Crippen molar-refractivity contribution < 1.29 is 9.47 Å². The van der Waals surface area contributed by atoms with E-state index in [1.165, 1.54) is 25.0 Å². The fourth-order valence-corrected chi connectivity index (χ4v) is 4.00. The predicted octanol–water partition coefficient (Wildman–Crippen LogP) is 3.39. The lowest BCUT2D eigenvalue weighted by Gasteiger charge is -2.24. The van der Waals surface area contributed by atoms with Crippen LogP contribution in [0.15, 0.2) is 23.2 Å². The highest BCUT2D eigenvalue weighted by atomic mass is 32.2. The molecular weight excluding hydrogens is 272 g/mol. The second kappa shape index (κ2) is 5.95. The number of thioether (sulfide) groups is 1. The van der Waals surface area contributed by atoms with Gasteiger partial charge in [-0.05, 0) is 30.9 Å². The molecule has 2 atom stereocenters. The molecule has 1 aromatic rings. The molecule has 3 rings (SSSR count). The molecule has 0 spiro atoms. The van der Waals surface area contributed by atoms with Gasteiger partial charge in [0.2, 0.25) is 0 Å². The van der Waals surface area contributed by atoms with Gasteiger partial charge in [-0.15, -0.1) is 0 Å². The predicted molar refractivity (Wildman–Crippen MR) is 84.2 cm³/mol. The zero-order valence-electron chi connectivity index (χ0n) is 11.9. The van der Waals surface area contributed by atoms with Crippen LogP contribution < -0.4 is 14.8 Å². The van der Waals surface area contributed by atoms with Crippen molar-refractivity contribution in [3.8, 4) is 11.5 Å². The zero-order chi connectivity index (χ0) is 13.9. The molecule has 1 saturated carbocycles. The second-order valence-electron chi connectivity index (χ2n) is 5.19. The van der Waals surface area contributed by atoms with Crippen molar-refractivity contribution in [2.24, 2.45) is 10.9 Å². The first-order valence-corrected chi connectivity index (χ1v) is 7.98. The fraction of sp³-hybridized carbons (Fsp3) is 0.533. The largest absolute Gasteiger partial charge is 0.497 e. The molecular formula is C15H20N2O2S. The van der Waals surface area contributed by atoms with E-state index in [4.69, 9.17) is 14.5 Å². The van der Waals surface area contributed by atoms with Crippen LogP contribution in [0.4, 0.5) is 5.69 Å². The lowest BCUT2D eigenvalue weighted by atomic mass is 10.1. The molecule has 4 nitrogen and oxygen atoms in total. The molecule has 1 aromatic carbocycles. The molecule has 1 N–H and O–H groups in total. The van der Waals surface area contributed by atoms with Crippen molar-refractivity contribution in [2.45, 2.75) is 25.3 Å². The number of methoxy groups -OCH3 is 2. The minimum Gasteiger partial charge on any atom is -0.497 e. The van der Waals surface area contributed by atoms with E-state index >= 15 is 0 Å². The Morgan fingerprint density at radius 1 is 1.25 bits per heavy atom. The Balaban J connectivity index is 1.80. The number of amidine groups is 1. The number of benzene rings is 1. The number of hydrogen-bond donors (Lipinski definition) is 1. The molecule has 1 fully saturated rings. The zero-order valence-corrected chi connectivity index (χ0v) is 12.7. The van der Waals surface area contributed by atoms with Gasteiger partial charge in [0.1, 0.15) is 11.5 Å². The minimum atomic E-state index is 0.510. The van der Waals surface area contributed by atoms with Gasteiger partial charge in [0.15, 0.2) is 5.17 Å². The molecule has 1 aliphatic carbocycles. The number of hydrogen-bond acceptors (Lipinski definition) is 5. The highest BCUT2D eigenvalue weighted by Crippen LogP contribution is 2.37. The SMILES string of the molecule is COc1ccc(OC)c(NC2=NC3CCCC3CS2)c1. The molecule has 0 bridgehead atoms. The van der Waals surface area contributed by atoms with E-state index < -0.39 is 0 Å². The molecule has 1 heterocycles. The Morgan fingerprint density at radius 3 is 2.95 bits per heavy atom. The van der Waals surface area contributed by atoms with Gasteiger partial charge in [-0.25, -0.2) is 0 Å². The Morgan fingerprint density at radius 2 is 2.15 bits per heavy atom. The number of rotatable bonds is 3. The molecule has 5 heteroatoms. The van der Waals surface area contributed by atoms with Gasteiger partial charge in [0.05, 0.1) is 25.9 Å². The Labute approximate surface area is 123 Å². The van der Waals surface area contributed by atoms with Gasteiger partial charge in [-0.3, -0.25) is 4.99 Å². The van der Waals surface area contributed by atoms with Crippen LogP contribution in [0.2, 0.25) is 0 Å². The first kappa shape index (κ1) is 13.6. The quantitative estimate of drug-likeness (QED) is 0.927. The number of anilines is 1. The molecule has 1 aliphatic heterocycles. The van der Waals surface area contributed by atoms with E-state index in [2.05, 4.69) is 5.32 Å². The van der Waals surface area contributed by atoms with Gasteiger partial charge >= 0.3 is 0 Å². The van der Waals surface area contributed by atoms with Crippen molar-refractivity contribution in [1.29, 1.82) is 0 Å². The van der Waals surface area contributed by atoms with E-state index in [0.717, 1.165) is 28.3 Å². The summed E-state index contributed by atoms with van der Waals surface area (Å²) in [6.45, 7) is 0. The van der Waals surface area contributed by atoms with Crippen LogP contribution in [0.25, 0.3) is 0 Å². The Bertz CT molecular complexity index is 519. The topological polar surface area (TPSA) is 42.9 Å². The molecule has 2 aliphatic rings. The lowest BCUT2D eigenvalue weighted by Crippen LogP contribution is -2.25. The summed E-state index contributed by atoms with van der Waals surface area (Å²) in [5.41, 5.74) is 0.912. The van der Waals surface area contributed by atoms with Gasteiger partial charge in [-0.1, -0.05) is 18.2 Å². The number of aliphatic imine (C=N–C) groups is 1. The summed E-state index contributed by atoms with van der Waals surface area (Å²) in [7, 11) is 3.34. The summed E-state index contributed by atoms with van der Waals surface area (Å²) < 4.78 is 10.7.